The number of hydrogen-bond acceptors (Lipinski definition) is 5. The van der Waals surface area contributed by atoms with E-state index in [-0.39, 0.29) is 18.1 Å². The van der Waals surface area contributed by atoms with Crippen LogP contribution in [-0.4, -0.2) is 53.5 Å². The molecule has 1 amide bonds. The van der Waals surface area contributed by atoms with Gasteiger partial charge in [0.2, 0.25) is 0 Å². The molecule has 1 fully saturated rings. The molecule has 0 unspecified atom stereocenters. The van der Waals surface area contributed by atoms with Gasteiger partial charge in [-0.1, -0.05) is 20.8 Å². The van der Waals surface area contributed by atoms with Crippen LogP contribution < -0.4 is 4.74 Å². The zero-order valence-electron chi connectivity index (χ0n) is 17.4. The topological polar surface area (TPSA) is 71.9 Å². The van der Waals surface area contributed by atoms with Gasteiger partial charge in [0.05, 0.1) is 18.7 Å². The Morgan fingerprint density at radius 1 is 1.33 bits per heavy atom. The van der Waals surface area contributed by atoms with Crippen LogP contribution in [0.2, 0.25) is 0 Å². The monoisotopic (exact) mass is 426 g/mol. The van der Waals surface area contributed by atoms with Gasteiger partial charge in [0.25, 0.3) is 0 Å². The van der Waals surface area contributed by atoms with Crippen LogP contribution in [0.25, 0.3) is 21.3 Å². The van der Waals surface area contributed by atoms with E-state index in [0.29, 0.717) is 19.7 Å². The first-order chi connectivity index (χ1) is 14.3. The molecule has 6 nitrogen and oxygen atoms in total. The highest BCUT2D eigenvalue weighted by atomic mass is 32.1. The Balaban J connectivity index is 1.61. The van der Waals surface area contributed by atoms with Gasteiger partial charge in [0.15, 0.2) is 0 Å². The van der Waals surface area contributed by atoms with Gasteiger partial charge in [0, 0.05) is 27.9 Å². The van der Waals surface area contributed by atoms with Gasteiger partial charge in [-0.25, -0.2) is 4.79 Å². The average molecular weight is 427 g/mol. The van der Waals surface area contributed by atoms with Crippen LogP contribution in [0.5, 0.6) is 5.75 Å². The fourth-order valence-corrected chi connectivity index (χ4v) is 4.53. The van der Waals surface area contributed by atoms with E-state index in [1.165, 1.54) is 14.7 Å². The molecular weight excluding hydrogens is 400 g/mol. The zero-order valence-corrected chi connectivity index (χ0v) is 18.2. The van der Waals surface area contributed by atoms with Crippen LogP contribution in [0, 0.1) is 0 Å². The van der Waals surface area contributed by atoms with Gasteiger partial charge in [-0.2, -0.15) is 0 Å². The number of morpholine rings is 1. The molecule has 1 aromatic carbocycles. The van der Waals surface area contributed by atoms with Crippen LogP contribution in [0.1, 0.15) is 25.6 Å². The van der Waals surface area contributed by atoms with Crippen molar-refractivity contribution in [3.8, 4) is 16.2 Å². The molecule has 158 valence electrons. The first-order valence-corrected chi connectivity index (χ1v) is 10.8. The molecule has 30 heavy (non-hydrogen) atoms. The molecule has 0 spiro atoms. The molecule has 0 bridgehead atoms. The Hall–Kier alpha value is -2.64. The minimum atomic E-state index is -0.924. The van der Waals surface area contributed by atoms with Crippen LogP contribution in [0.3, 0.4) is 0 Å². The van der Waals surface area contributed by atoms with E-state index in [9.17, 15) is 9.90 Å². The number of thiophene rings is 1. The van der Waals surface area contributed by atoms with E-state index in [2.05, 4.69) is 44.0 Å². The summed E-state index contributed by atoms with van der Waals surface area (Å²) >= 11 is 1.78. The highest BCUT2D eigenvalue weighted by Gasteiger charge is 2.24. The van der Waals surface area contributed by atoms with Gasteiger partial charge in [-0.05, 0) is 47.4 Å². The molecule has 1 atom stereocenters. The number of carboxylic acid groups (broad SMARTS) is 1. The minimum absolute atomic E-state index is 0.103. The maximum atomic E-state index is 11.2. The van der Waals surface area contributed by atoms with Crippen LogP contribution in [0.4, 0.5) is 4.79 Å². The van der Waals surface area contributed by atoms with Crippen molar-refractivity contribution in [1.82, 2.24) is 9.88 Å². The quantitative estimate of drug-likeness (QED) is 0.634. The third kappa shape index (κ3) is 4.42. The number of rotatable bonds is 4. The minimum Gasteiger partial charge on any atom is -0.490 e. The number of hydrogen-bond donors (Lipinski definition) is 1. The summed E-state index contributed by atoms with van der Waals surface area (Å²) in [7, 11) is 0. The van der Waals surface area contributed by atoms with E-state index in [1.54, 1.807) is 17.5 Å². The summed E-state index contributed by atoms with van der Waals surface area (Å²) in [4.78, 5) is 19.6. The summed E-state index contributed by atoms with van der Waals surface area (Å²) in [6.07, 6.45) is 0.562. The number of pyridine rings is 1. The first-order valence-electron chi connectivity index (χ1n) is 10.0. The maximum absolute atomic E-state index is 11.2. The van der Waals surface area contributed by atoms with Crippen LogP contribution in [-0.2, 0) is 10.2 Å². The van der Waals surface area contributed by atoms with Crippen LogP contribution in [0.15, 0.2) is 42.6 Å². The van der Waals surface area contributed by atoms with Crippen molar-refractivity contribution in [3.05, 3.63) is 47.5 Å². The molecule has 4 rings (SSSR count). The molecule has 3 heterocycles. The van der Waals surface area contributed by atoms with Crippen molar-refractivity contribution in [1.29, 1.82) is 0 Å². The van der Waals surface area contributed by atoms with E-state index < -0.39 is 6.09 Å². The molecule has 0 saturated carbocycles. The Morgan fingerprint density at radius 2 is 2.17 bits per heavy atom. The largest absolute Gasteiger partial charge is 0.490 e. The molecule has 1 aliphatic heterocycles. The third-order valence-corrected chi connectivity index (χ3v) is 6.71. The zero-order chi connectivity index (χ0) is 21.3. The Bertz CT molecular complexity index is 1060. The Kier molecular flexibility index (Phi) is 5.66. The van der Waals surface area contributed by atoms with Crippen molar-refractivity contribution >= 4 is 28.3 Å². The molecular formula is C23H26N2O4S. The van der Waals surface area contributed by atoms with Crippen molar-refractivity contribution in [2.75, 3.05) is 26.3 Å². The standard InChI is InChI=1S/C23H26N2O4S/c1-23(2,3)21-7-6-20(30-21)15-11-18-17(5-4-8-24-18)19(12-15)29-14-16-13-25(22(26)27)9-10-28-16/h4-8,11-12,16H,9-10,13-14H2,1-3H3,(H,26,27)/t16-/m0/s1. The second kappa shape index (κ2) is 8.24. The van der Waals surface area contributed by atoms with E-state index >= 15 is 0 Å². The van der Waals surface area contributed by atoms with Gasteiger partial charge < -0.3 is 19.5 Å². The molecule has 1 saturated heterocycles. The molecule has 2 aromatic heterocycles. The SMILES string of the molecule is CC(C)(C)c1ccc(-c2cc(OC[C@@H]3CN(C(=O)O)CCO3)c3cccnc3c2)s1. The van der Waals surface area contributed by atoms with Crippen molar-refractivity contribution in [3.63, 3.8) is 0 Å². The number of ether oxygens (including phenoxy) is 2. The lowest BCUT2D eigenvalue weighted by Crippen LogP contribution is -2.47. The van der Waals surface area contributed by atoms with Gasteiger partial charge in [0.1, 0.15) is 18.5 Å². The van der Waals surface area contributed by atoms with Crippen molar-refractivity contribution < 1.29 is 19.4 Å². The third-order valence-electron chi connectivity index (χ3n) is 5.15. The molecule has 0 radical (unpaired) electrons. The fourth-order valence-electron chi connectivity index (χ4n) is 3.48. The van der Waals surface area contributed by atoms with E-state index in [1.807, 2.05) is 18.2 Å². The Morgan fingerprint density at radius 3 is 2.90 bits per heavy atom. The molecule has 1 aliphatic rings. The lowest BCUT2D eigenvalue weighted by Gasteiger charge is -2.30. The van der Waals surface area contributed by atoms with Crippen LogP contribution >= 0.6 is 11.3 Å². The summed E-state index contributed by atoms with van der Waals surface area (Å²) in [6.45, 7) is 8.01. The number of fused-ring (bicyclic) bond motifs is 1. The second-order valence-electron chi connectivity index (χ2n) is 8.49. The smallest absolute Gasteiger partial charge is 0.407 e. The van der Waals surface area contributed by atoms with Gasteiger partial charge in [-0.15, -0.1) is 11.3 Å². The number of carbonyl (C=O) groups is 1. The van der Waals surface area contributed by atoms with Gasteiger partial charge >= 0.3 is 6.09 Å². The number of nitrogens with zero attached hydrogens (tertiary/aromatic N) is 2. The van der Waals surface area contributed by atoms with Gasteiger partial charge in [-0.3, -0.25) is 4.98 Å². The summed E-state index contributed by atoms with van der Waals surface area (Å²) in [6, 6.07) is 12.3. The molecule has 0 aliphatic carbocycles. The molecule has 1 N–H and O–H groups in total. The summed E-state index contributed by atoms with van der Waals surface area (Å²) in [5.74, 6) is 0.734. The fraction of sp³-hybridized carbons (Fsp3) is 0.391. The number of benzene rings is 1. The molecule has 7 heteroatoms. The van der Waals surface area contributed by atoms with Crippen molar-refractivity contribution in [2.24, 2.45) is 0 Å². The lowest BCUT2D eigenvalue weighted by molar-refractivity contribution is -0.0409. The maximum Gasteiger partial charge on any atom is 0.407 e. The first kappa shape index (κ1) is 20.6. The highest BCUT2D eigenvalue weighted by Crippen LogP contribution is 2.38. The highest BCUT2D eigenvalue weighted by molar-refractivity contribution is 7.15. The molecule has 3 aromatic rings. The lowest BCUT2D eigenvalue weighted by atomic mass is 9.95. The summed E-state index contributed by atoms with van der Waals surface area (Å²) < 4.78 is 11.8. The summed E-state index contributed by atoms with van der Waals surface area (Å²) in [5, 5.41) is 10.2. The average Bonchev–Trinajstić information content (AvgIpc) is 3.23. The second-order valence-corrected chi connectivity index (χ2v) is 9.57. The summed E-state index contributed by atoms with van der Waals surface area (Å²) in [5.41, 5.74) is 2.03. The predicted octanol–water partition coefficient (Wildman–Crippen LogP) is 5.02. The van der Waals surface area contributed by atoms with E-state index in [0.717, 1.165) is 22.2 Å². The number of amides is 1. The van der Waals surface area contributed by atoms with E-state index in [4.69, 9.17) is 9.47 Å². The van der Waals surface area contributed by atoms with Crippen molar-refractivity contribution in [2.45, 2.75) is 32.3 Å². The normalized spacial score (nSPS) is 17.3. The Labute approximate surface area is 180 Å². The number of aromatic nitrogens is 1. The predicted molar refractivity (Wildman–Crippen MR) is 119 cm³/mol.